The number of amides is 3. The summed E-state index contributed by atoms with van der Waals surface area (Å²) >= 11 is 1.77. The first-order valence-electron chi connectivity index (χ1n) is 18.8. The van der Waals surface area contributed by atoms with Crippen molar-refractivity contribution >= 4 is 29.5 Å². The lowest BCUT2D eigenvalue weighted by Crippen LogP contribution is -2.35. The van der Waals surface area contributed by atoms with Gasteiger partial charge < -0.3 is 29.7 Å². The van der Waals surface area contributed by atoms with Crippen molar-refractivity contribution in [3.05, 3.63) is 161 Å². The first-order chi connectivity index (χ1) is 27.4. The fourth-order valence-corrected chi connectivity index (χ4v) is 8.10. The highest BCUT2D eigenvalue weighted by molar-refractivity contribution is 8.00. The van der Waals surface area contributed by atoms with Gasteiger partial charge in [0.1, 0.15) is 17.2 Å². The topological polar surface area (TPSA) is 106 Å². The number of ether oxygens (including phenoxy) is 3. The normalized spacial score (nSPS) is 11.0. The van der Waals surface area contributed by atoms with Crippen LogP contribution in [0.3, 0.4) is 0 Å². The molecule has 0 saturated heterocycles. The lowest BCUT2D eigenvalue weighted by atomic mass is 9.84. The maximum Gasteiger partial charge on any atom is 0.223 e. The third-order valence-corrected chi connectivity index (χ3v) is 11.0. The van der Waals surface area contributed by atoms with Gasteiger partial charge in [-0.1, -0.05) is 121 Å². The Balaban J connectivity index is 1.41. The van der Waals surface area contributed by atoms with Crippen LogP contribution < -0.4 is 24.8 Å². The number of benzene rings is 5. The standard InChI is InChI=1S/C46H51N3O6S/c1-47-43(50)25-16-29-55-39-31-41(53-2)40(42(32-39)54-3)34-49(45(52)27-26-44(51)48-33-35-17-8-4-9-18-35)28-30-56-46(36-19-10-5-11-20-36,37-21-12-6-13-22-37)38-23-14-7-15-24-38/h4-15,17-24,31-32H,16,25-30,33-34H2,1-3H3,(H,47,50)(H,48,51). The maximum absolute atomic E-state index is 14.2. The zero-order valence-corrected chi connectivity index (χ0v) is 33.2. The highest BCUT2D eigenvalue weighted by atomic mass is 32.2. The van der Waals surface area contributed by atoms with E-state index in [1.165, 1.54) is 0 Å². The summed E-state index contributed by atoms with van der Waals surface area (Å²) in [6.45, 7) is 1.29. The molecule has 0 unspecified atom stereocenters. The highest BCUT2D eigenvalue weighted by Crippen LogP contribution is 2.48. The van der Waals surface area contributed by atoms with Crippen LogP contribution in [-0.2, 0) is 32.2 Å². The van der Waals surface area contributed by atoms with E-state index in [0.29, 0.717) is 61.1 Å². The number of methoxy groups -OCH3 is 2. The number of hydrogen-bond acceptors (Lipinski definition) is 7. The molecule has 56 heavy (non-hydrogen) atoms. The van der Waals surface area contributed by atoms with E-state index in [-0.39, 0.29) is 37.1 Å². The van der Waals surface area contributed by atoms with Crippen molar-refractivity contribution in [2.45, 2.75) is 43.5 Å². The van der Waals surface area contributed by atoms with Gasteiger partial charge in [-0.05, 0) is 28.7 Å². The van der Waals surface area contributed by atoms with E-state index in [4.69, 9.17) is 14.2 Å². The third kappa shape index (κ3) is 11.2. The summed E-state index contributed by atoms with van der Waals surface area (Å²) in [4.78, 5) is 40.6. The molecule has 0 radical (unpaired) electrons. The van der Waals surface area contributed by atoms with Crippen molar-refractivity contribution in [3.63, 3.8) is 0 Å². The largest absolute Gasteiger partial charge is 0.496 e. The molecule has 0 bridgehead atoms. The summed E-state index contributed by atoms with van der Waals surface area (Å²) in [5.74, 6) is 1.70. The van der Waals surface area contributed by atoms with Crippen molar-refractivity contribution in [3.8, 4) is 17.2 Å². The Morgan fingerprint density at radius 1 is 0.679 bits per heavy atom. The lowest BCUT2D eigenvalue weighted by Gasteiger charge is -2.36. The molecule has 0 spiro atoms. The van der Waals surface area contributed by atoms with E-state index in [0.717, 1.165) is 22.3 Å². The minimum Gasteiger partial charge on any atom is -0.496 e. The fraction of sp³-hybridized carbons (Fsp3) is 0.283. The fourth-order valence-electron chi connectivity index (χ4n) is 6.57. The van der Waals surface area contributed by atoms with Crippen LogP contribution in [0.5, 0.6) is 17.2 Å². The van der Waals surface area contributed by atoms with Gasteiger partial charge >= 0.3 is 0 Å². The molecule has 0 aliphatic rings. The molecule has 0 fully saturated rings. The number of rotatable bonds is 21. The molecule has 0 aliphatic heterocycles. The van der Waals surface area contributed by atoms with E-state index in [1.807, 2.05) is 48.5 Å². The van der Waals surface area contributed by atoms with Gasteiger partial charge in [-0.15, -0.1) is 11.8 Å². The SMILES string of the molecule is CNC(=O)CCCOc1cc(OC)c(CN(CCSC(c2ccccc2)(c2ccccc2)c2ccccc2)C(=O)CCC(=O)NCc2ccccc2)c(OC)c1. The average molecular weight is 774 g/mol. The Morgan fingerprint density at radius 3 is 1.70 bits per heavy atom. The minimum absolute atomic E-state index is 0.0314. The molecule has 5 aromatic rings. The summed E-state index contributed by atoms with van der Waals surface area (Å²) in [6, 6.07) is 44.6. The lowest BCUT2D eigenvalue weighted by molar-refractivity contribution is -0.134. The molecule has 0 atom stereocenters. The van der Waals surface area contributed by atoms with Crippen LogP contribution in [0.1, 0.15) is 53.5 Å². The number of hydrogen-bond donors (Lipinski definition) is 2. The number of nitrogens with one attached hydrogen (secondary N) is 2. The minimum atomic E-state index is -0.567. The van der Waals surface area contributed by atoms with Gasteiger partial charge in [-0.25, -0.2) is 0 Å². The molecule has 5 aromatic carbocycles. The van der Waals surface area contributed by atoms with Gasteiger partial charge in [0.2, 0.25) is 17.7 Å². The van der Waals surface area contributed by atoms with Gasteiger partial charge in [0, 0.05) is 57.3 Å². The van der Waals surface area contributed by atoms with Crippen LogP contribution in [0.25, 0.3) is 0 Å². The van der Waals surface area contributed by atoms with Gasteiger partial charge in [0.15, 0.2) is 0 Å². The first-order valence-corrected chi connectivity index (χ1v) is 19.8. The predicted molar refractivity (Wildman–Crippen MR) is 223 cm³/mol. The summed E-state index contributed by atoms with van der Waals surface area (Å²) in [5, 5.41) is 5.56. The van der Waals surface area contributed by atoms with Crippen LogP contribution in [0, 0.1) is 0 Å². The van der Waals surface area contributed by atoms with Gasteiger partial charge in [0.25, 0.3) is 0 Å². The van der Waals surface area contributed by atoms with E-state index in [2.05, 4.69) is 83.4 Å². The molecule has 0 heterocycles. The molecule has 0 saturated carbocycles. The Labute approximate surface area is 334 Å². The van der Waals surface area contributed by atoms with Crippen LogP contribution in [0.2, 0.25) is 0 Å². The Morgan fingerprint density at radius 2 is 1.20 bits per heavy atom. The molecule has 9 nitrogen and oxygen atoms in total. The van der Waals surface area contributed by atoms with Crippen LogP contribution in [0.15, 0.2) is 133 Å². The average Bonchev–Trinajstić information content (AvgIpc) is 3.25. The summed E-state index contributed by atoms with van der Waals surface area (Å²) in [6.07, 6.45) is 0.974. The molecule has 5 rings (SSSR count). The molecule has 3 amide bonds. The summed E-state index contributed by atoms with van der Waals surface area (Å²) < 4.78 is 17.1. The van der Waals surface area contributed by atoms with Crippen molar-refractivity contribution < 1.29 is 28.6 Å². The van der Waals surface area contributed by atoms with Gasteiger partial charge in [-0.2, -0.15) is 0 Å². The van der Waals surface area contributed by atoms with E-state index in [9.17, 15) is 14.4 Å². The second-order valence-electron chi connectivity index (χ2n) is 13.1. The zero-order chi connectivity index (χ0) is 39.6. The van der Waals surface area contributed by atoms with Crippen LogP contribution in [-0.4, -0.2) is 62.8 Å². The Bertz CT molecular complexity index is 1860. The molecule has 292 valence electrons. The molecule has 10 heteroatoms. The Hall–Kier alpha value is -5.74. The molecule has 0 aliphatic carbocycles. The van der Waals surface area contributed by atoms with Crippen molar-refractivity contribution in [2.24, 2.45) is 0 Å². The number of nitrogens with zero attached hydrogens (tertiary/aromatic N) is 1. The molecule has 2 N–H and O–H groups in total. The van der Waals surface area contributed by atoms with Crippen molar-refractivity contribution in [1.29, 1.82) is 0 Å². The number of carbonyl (C=O) groups is 3. The monoisotopic (exact) mass is 773 g/mol. The van der Waals surface area contributed by atoms with Crippen molar-refractivity contribution in [2.75, 3.05) is 40.2 Å². The van der Waals surface area contributed by atoms with Crippen LogP contribution >= 0.6 is 11.8 Å². The number of thioether (sulfide) groups is 1. The van der Waals surface area contributed by atoms with Crippen LogP contribution in [0.4, 0.5) is 0 Å². The highest BCUT2D eigenvalue weighted by Gasteiger charge is 2.37. The quantitative estimate of drug-likeness (QED) is 0.0580. The molecular weight excluding hydrogens is 723 g/mol. The van der Waals surface area contributed by atoms with Gasteiger partial charge in [-0.3, -0.25) is 14.4 Å². The van der Waals surface area contributed by atoms with E-state index in [1.54, 1.807) is 50.1 Å². The first kappa shape index (κ1) is 41.4. The molecule has 0 aromatic heterocycles. The smallest absolute Gasteiger partial charge is 0.223 e. The number of carbonyl (C=O) groups excluding carboxylic acids is 3. The summed E-state index contributed by atoms with van der Waals surface area (Å²) in [7, 11) is 4.75. The van der Waals surface area contributed by atoms with Gasteiger partial charge in [0.05, 0.1) is 37.7 Å². The van der Waals surface area contributed by atoms with Crippen molar-refractivity contribution in [1.82, 2.24) is 15.5 Å². The Kier molecular flexibility index (Phi) is 15.8. The third-order valence-electron chi connectivity index (χ3n) is 9.50. The molecular formula is C46H51N3O6S. The van der Waals surface area contributed by atoms with E-state index >= 15 is 0 Å². The maximum atomic E-state index is 14.2. The second kappa shape index (κ2) is 21.4. The predicted octanol–water partition coefficient (Wildman–Crippen LogP) is 7.76. The zero-order valence-electron chi connectivity index (χ0n) is 32.4. The van der Waals surface area contributed by atoms with E-state index < -0.39 is 4.75 Å². The second-order valence-corrected chi connectivity index (χ2v) is 14.4. The summed E-state index contributed by atoms with van der Waals surface area (Å²) in [5.41, 5.74) is 5.06.